The van der Waals surface area contributed by atoms with Crippen LogP contribution >= 0.6 is 0 Å². The maximum absolute atomic E-state index is 5.78. The molecular formula is C9H11N3O2. The van der Waals surface area contributed by atoms with Gasteiger partial charge in [0.25, 0.3) is 0 Å². The summed E-state index contributed by atoms with van der Waals surface area (Å²) >= 11 is 0. The molecule has 1 heterocycles. The number of hydrogen-bond donors (Lipinski definition) is 2. The molecule has 14 heavy (non-hydrogen) atoms. The quantitative estimate of drug-likeness (QED) is 0.702. The van der Waals surface area contributed by atoms with Gasteiger partial charge in [0.1, 0.15) is 16.8 Å². The molecule has 74 valence electrons. The predicted molar refractivity (Wildman–Crippen MR) is 53.6 cm³/mol. The Morgan fingerprint density at radius 2 is 2.14 bits per heavy atom. The normalized spacial score (nSPS) is 10.4. The van der Waals surface area contributed by atoms with Gasteiger partial charge in [-0.25, -0.2) is 4.98 Å². The summed E-state index contributed by atoms with van der Waals surface area (Å²) in [7, 11) is 3.15. The van der Waals surface area contributed by atoms with E-state index in [-0.39, 0.29) is 0 Å². The molecule has 0 bridgehead atoms. The number of imidazole rings is 1. The van der Waals surface area contributed by atoms with Gasteiger partial charge >= 0.3 is 0 Å². The van der Waals surface area contributed by atoms with Crippen molar-refractivity contribution in [3.8, 4) is 11.5 Å². The number of ether oxygens (including phenoxy) is 2. The Kier molecular flexibility index (Phi) is 1.92. The van der Waals surface area contributed by atoms with E-state index in [4.69, 9.17) is 15.2 Å². The van der Waals surface area contributed by atoms with Gasteiger partial charge in [0.2, 0.25) is 0 Å². The molecule has 0 aliphatic rings. The third-order valence-electron chi connectivity index (χ3n) is 2.07. The van der Waals surface area contributed by atoms with E-state index in [1.54, 1.807) is 26.6 Å². The monoisotopic (exact) mass is 193 g/mol. The fourth-order valence-electron chi connectivity index (χ4n) is 1.45. The number of hydrogen-bond acceptors (Lipinski definition) is 4. The molecule has 2 rings (SSSR count). The smallest absolute Gasteiger partial charge is 0.167 e. The van der Waals surface area contributed by atoms with Crippen molar-refractivity contribution < 1.29 is 9.47 Å². The molecule has 0 atom stereocenters. The van der Waals surface area contributed by atoms with Crippen molar-refractivity contribution >= 4 is 16.7 Å². The summed E-state index contributed by atoms with van der Waals surface area (Å²) in [6, 6.07) is 1.70. The molecule has 0 saturated heterocycles. The summed E-state index contributed by atoms with van der Waals surface area (Å²) in [5.74, 6) is 1.23. The summed E-state index contributed by atoms with van der Waals surface area (Å²) in [4.78, 5) is 7.08. The Hall–Kier alpha value is -1.91. The third kappa shape index (κ3) is 1.06. The minimum absolute atomic E-state index is 0.529. The molecule has 0 unspecified atom stereocenters. The fourth-order valence-corrected chi connectivity index (χ4v) is 1.45. The number of H-pyrrole nitrogens is 1. The molecule has 1 aromatic carbocycles. The summed E-state index contributed by atoms with van der Waals surface area (Å²) in [5, 5.41) is 0. The van der Waals surface area contributed by atoms with Crippen molar-refractivity contribution in [2.24, 2.45) is 0 Å². The van der Waals surface area contributed by atoms with E-state index in [1.807, 2.05) is 0 Å². The van der Waals surface area contributed by atoms with Crippen molar-refractivity contribution in [3.63, 3.8) is 0 Å². The van der Waals surface area contributed by atoms with Crippen molar-refractivity contribution in [3.05, 3.63) is 12.4 Å². The van der Waals surface area contributed by atoms with Crippen LogP contribution in [0.3, 0.4) is 0 Å². The molecule has 0 aliphatic heterocycles. The van der Waals surface area contributed by atoms with E-state index in [0.717, 1.165) is 11.0 Å². The maximum Gasteiger partial charge on any atom is 0.167 e. The number of benzene rings is 1. The van der Waals surface area contributed by atoms with Crippen LogP contribution in [0.4, 0.5) is 5.69 Å². The highest BCUT2D eigenvalue weighted by Crippen LogP contribution is 2.35. The van der Waals surface area contributed by atoms with E-state index in [9.17, 15) is 0 Å². The topological polar surface area (TPSA) is 73.2 Å². The fraction of sp³-hybridized carbons (Fsp3) is 0.222. The van der Waals surface area contributed by atoms with Gasteiger partial charge in [-0.05, 0) is 0 Å². The Balaban J connectivity index is 2.81. The summed E-state index contributed by atoms with van der Waals surface area (Å²) in [6.07, 6.45) is 1.58. The van der Waals surface area contributed by atoms with Crippen LogP contribution in [0.15, 0.2) is 12.4 Å². The van der Waals surface area contributed by atoms with Crippen LogP contribution in [0.2, 0.25) is 0 Å². The number of rotatable bonds is 2. The Labute approximate surface area is 80.8 Å². The molecule has 0 spiro atoms. The predicted octanol–water partition coefficient (Wildman–Crippen LogP) is 1.16. The lowest BCUT2D eigenvalue weighted by atomic mass is 10.2. The van der Waals surface area contributed by atoms with Gasteiger partial charge in [0, 0.05) is 6.07 Å². The van der Waals surface area contributed by atoms with Crippen LogP contribution in [-0.2, 0) is 0 Å². The zero-order valence-corrected chi connectivity index (χ0v) is 8.00. The zero-order valence-electron chi connectivity index (χ0n) is 8.00. The average molecular weight is 193 g/mol. The van der Waals surface area contributed by atoms with Crippen LogP contribution in [0.1, 0.15) is 0 Å². The van der Waals surface area contributed by atoms with E-state index in [0.29, 0.717) is 17.2 Å². The van der Waals surface area contributed by atoms with Crippen molar-refractivity contribution in [2.45, 2.75) is 0 Å². The van der Waals surface area contributed by atoms with E-state index >= 15 is 0 Å². The summed E-state index contributed by atoms with van der Waals surface area (Å²) in [6.45, 7) is 0. The van der Waals surface area contributed by atoms with Gasteiger partial charge in [0.05, 0.1) is 26.2 Å². The number of anilines is 1. The molecule has 0 saturated carbocycles. The number of aromatic amines is 1. The number of nitrogens with two attached hydrogens (primary N) is 1. The first-order chi connectivity index (χ1) is 6.77. The number of nitrogens with zero attached hydrogens (tertiary/aromatic N) is 1. The molecule has 0 aliphatic carbocycles. The second kappa shape index (κ2) is 3.10. The molecule has 2 aromatic rings. The number of fused-ring (bicyclic) bond motifs is 1. The highest BCUT2D eigenvalue weighted by molar-refractivity contribution is 5.92. The van der Waals surface area contributed by atoms with Crippen LogP contribution in [0.5, 0.6) is 11.5 Å². The molecule has 0 amide bonds. The number of nitrogen functional groups attached to an aromatic ring is 1. The first kappa shape index (κ1) is 8.68. The van der Waals surface area contributed by atoms with Crippen molar-refractivity contribution in [2.75, 3.05) is 20.0 Å². The highest BCUT2D eigenvalue weighted by atomic mass is 16.5. The van der Waals surface area contributed by atoms with E-state index in [1.165, 1.54) is 0 Å². The second-order valence-electron chi connectivity index (χ2n) is 2.83. The SMILES string of the molecule is COc1cc(N)c(OC)c2[nH]cnc12. The van der Waals surface area contributed by atoms with Crippen LogP contribution < -0.4 is 15.2 Å². The van der Waals surface area contributed by atoms with Crippen LogP contribution in [0, 0.1) is 0 Å². The number of aromatic nitrogens is 2. The average Bonchev–Trinajstić information content (AvgIpc) is 2.65. The zero-order chi connectivity index (χ0) is 10.1. The van der Waals surface area contributed by atoms with Crippen LogP contribution in [0.25, 0.3) is 11.0 Å². The Morgan fingerprint density at radius 3 is 2.79 bits per heavy atom. The number of methoxy groups -OCH3 is 2. The molecule has 0 radical (unpaired) electrons. The first-order valence-corrected chi connectivity index (χ1v) is 4.11. The molecule has 5 nitrogen and oxygen atoms in total. The second-order valence-corrected chi connectivity index (χ2v) is 2.83. The lowest BCUT2D eigenvalue weighted by Gasteiger charge is -2.08. The van der Waals surface area contributed by atoms with Gasteiger partial charge in [-0.2, -0.15) is 0 Å². The standard InChI is InChI=1S/C9H11N3O2/c1-13-6-3-5(10)9(14-2)8-7(6)11-4-12-8/h3-4H,10H2,1-2H3,(H,11,12). The molecule has 3 N–H and O–H groups in total. The lowest BCUT2D eigenvalue weighted by molar-refractivity contribution is 0.411. The lowest BCUT2D eigenvalue weighted by Crippen LogP contribution is -1.95. The Morgan fingerprint density at radius 1 is 1.36 bits per heavy atom. The molecular weight excluding hydrogens is 182 g/mol. The molecule has 5 heteroatoms. The van der Waals surface area contributed by atoms with Gasteiger partial charge < -0.3 is 20.2 Å². The third-order valence-corrected chi connectivity index (χ3v) is 2.07. The van der Waals surface area contributed by atoms with Crippen molar-refractivity contribution in [1.82, 2.24) is 9.97 Å². The van der Waals surface area contributed by atoms with Gasteiger partial charge in [0.15, 0.2) is 5.75 Å². The van der Waals surface area contributed by atoms with Gasteiger partial charge in [-0.1, -0.05) is 0 Å². The van der Waals surface area contributed by atoms with Gasteiger partial charge in [-0.3, -0.25) is 0 Å². The largest absolute Gasteiger partial charge is 0.494 e. The van der Waals surface area contributed by atoms with Gasteiger partial charge in [-0.15, -0.1) is 0 Å². The minimum Gasteiger partial charge on any atom is -0.494 e. The first-order valence-electron chi connectivity index (χ1n) is 4.11. The molecule has 0 fully saturated rings. The minimum atomic E-state index is 0.529. The Bertz CT molecular complexity index is 464. The van der Waals surface area contributed by atoms with Crippen LogP contribution in [-0.4, -0.2) is 24.2 Å². The van der Waals surface area contributed by atoms with E-state index in [2.05, 4.69) is 9.97 Å². The molecule has 1 aromatic heterocycles. The maximum atomic E-state index is 5.78. The number of nitrogens with one attached hydrogen (secondary N) is 1. The summed E-state index contributed by atoms with van der Waals surface area (Å²) < 4.78 is 10.3. The van der Waals surface area contributed by atoms with E-state index < -0.39 is 0 Å². The highest BCUT2D eigenvalue weighted by Gasteiger charge is 2.12. The summed E-state index contributed by atoms with van der Waals surface area (Å²) in [5.41, 5.74) is 7.78. The van der Waals surface area contributed by atoms with Crippen molar-refractivity contribution in [1.29, 1.82) is 0 Å².